The lowest BCUT2D eigenvalue weighted by Gasteiger charge is -2.41. The Morgan fingerprint density at radius 2 is 2.00 bits per heavy atom. The highest BCUT2D eigenvalue weighted by Crippen LogP contribution is 2.28. The van der Waals surface area contributed by atoms with E-state index in [0.29, 0.717) is 12.3 Å². The van der Waals surface area contributed by atoms with E-state index in [1.54, 1.807) is 0 Å². The summed E-state index contributed by atoms with van der Waals surface area (Å²) in [6.45, 7) is 9.34. The third-order valence-corrected chi connectivity index (χ3v) is 3.07. The molecule has 0 atom stereocenters. The molecule has 1 aromatic rings. The zero-order chi connectivity index (χ0) is 11.4. The van der Waals surface area contributed by atoms with Gasteiger partial charge < -0.3 is 10.0 Å². The first kappa shape index (κ1) is 11.0. The van der Waals surface area contributed by atoms with E-state index in [9.17, 15) is 0 Å². The fraction of sp³-hybridized carbons (Fsp3) is 0.462. The number of benzene rings is 1. The summed E-state index contributed by atoms with van der Waals surface area (Å²) in [4.78, 5) is 5.69. The molecule has 0 aliphatic carbocycles. The lowest BCUT2D eigenvalue weighted by molar-refractivity contribution is 0.260. The minimum absolute atomic E-state index is 0.302. The topological polar surface area (TPSA) is 27.8 Å². The van der Waals surface area contributed by atoms with Crippen LogP contribution < -0.4 is 4.90 Å². The maximum atomic E-state index is 8.73. The predicted octanol–water partition coefficient (Wildman–Crippen LogP) is 2.45. The van der Waals surface area contributed by atoms with Crippen molar-refractivity contribution in [1.82, 2.24) is 0 Å². The normalized spacial score (nSPS) is 15.6. The molecule has 1 aliphatic heterocycles. The third-order valence-electron chi connectivity index (χ3n) is 3.07. The molecule has 0 amide bonds. The number of nitrogens with zero attached hydrogens (tertiary/aromatic N) is 2. The van der Waals surface area contributed by atoms with Gasteiger partial charge in [0.1, 0.15) is 0 Å². The zero-order valence-corrected chi connectivity index (χ0v) is 9.26. The van der Waals surface area contributed by atoms with Crippen LogP contribution in [0.1, 0.15) is 12.8 Å². The Morgan fingerprint density at radius 1 is 1.31 bits per heavy atom. The molecule has 0 aromatic heterocycles. The Labute approximate surface area is 96.1 Å². The van der Waals surface area contributed by atoms with Gasteiger partial charge in [-0.25, -0.2) is 4.85 Å². The summed E-state index contributed by atoms with van der Waals surface area (Å²) in [5.74, 6) is 0.729. The van der Waals surface area contributed by atoms with Crippen molar-refractivity contribution < 1.29 is 5.11 Å². The SMILES string of the molecule is [C-]#[N+]c1ccc(N2CC(CCCO)C2)cc1. The highest BCUT2D eigenvalue weighted by Gasteiger charge is 2.25. The number of aliphatic hydroxyl groups excluding tert-OH is 1. The minimum Gasteiger partial charge on any atom is -0.396 e. The largest absolute Gasteiger partial charge is 0.396 e. The van der Waals surface area contributed by atoms with Gasteiger partial charge in [0.15, 0.2) is 5.69 Å². The standard InChI is InChI=1S/C13H16N2O/c1-14-12-4-6-13(7-5-12)15-9-11(10-15)3-2-8-16/h4-7,11,16H,2-3,8-10H2. The highest BCUT2D eigenvalue weighted by molar-refractivity contribution is 5.56. The van der Waals surface area contributed by atoms with Crippen molar-refractivity contribution in [3.8, 4) is 0 Å². The molecule has 1 aromatic carbocycles. The van der Waals surface area contributed by atoms with Gasteiger partial charge in [-0.15, -0.1) is 0 Å². The Bertz CT molecular complexity index is 374. The van der Waals surface area contributed by atoms with Gasteiger partial charge in [0.2, 0.25) is 0 Å². The summed E-state index contributed by atoms with van der Waals surface area (Å²) in [7, 11) is 0. The van der Waals surface area contributed by atoms with E-state index < -0.39 is 0 Å². The molecule has 1 fully saturated rings. The highest BCUT2D eigenvalue weighted by atomic mass is 16.2. The van der Waals surface area contributed by atoms with E-state index in [4.69, 9.17) is 11.7 Å². The van der Waals surface area contributed by atoms with Crippen LogP contribution in [0.3, 0.4) is 0 Å². The predicted molar refractivity (Wildman–Crippen MR) is 64.7 cm³/mol. The number of hydrogen-bond acceptors (Lipinski definition) is 2. The van der Waals surface area contributed by atoms with Gasteiger partial charge in [0, 0.05) is 25.4 Å². The molecular weight excluding hydrogens is 200 g/mol. The summed E-state index contributed by atoms with van der Waals surface area (Å²) in [5.41, 5.74) is 1.90. The van der Waals surface area contributed by atoms with E-state index in [1.807, 2.05) is 24.3 Å². The molecule has 3 heteroatoms. The monoisotopic (exact) mass is 216 g/mol. The van der Waals surface area contributed by atoms with Crippen molar-refractivity contribution >= 4 is 11.4 Å². The fourth-order valence-corrected chi connectivity index (χ4v) is 2.08. The summed E-state index contributed by atoms with van der Waals surface area (Å²) in [6.07, 6.45) is 2.03. The minimum atomic E-state index is 0.302. The van der Waals surface area contributed by atoms with Crippen LogP contribution in [0.4, 0.5) is 11.4 Å². The fourth-order valence-electron chi connectivity index (χ4n) is 2.08. The average Bonchev–Trinajstić information content (AvgIpc) is 2.28. The Balaban J connectivity index is 1.84. The molecule has 1 aliphatic rings. The van der Waals surface area contributed by atoms with Gasteiger partial charge in [-0.2, -0.15) is 0 Å². The first-order chi connectivity index (χ1) is 7.83. The molecule has 1 N–H and O–H groups in total. The summed E-state index contributed by atoms with van der Waals surface area (Å²) >= 11 is 0. The van der Waals surface area contributed by atoms with Crippen molar-refractivity contribution in [2.75, 3.05) is 24.6 Å². The molecule has 0 spiro atoms. The molecule has 0 radical (unpaired) electrons. The van der Waals surface area contributed by atoms with E-state index in [-0.39, 0.29) is 0 Å². The smallest absolute Gasteiger partial charge is 0.187 e. The molecule has 1 heterocycles. The lowest BCUT2D eigenvalue weighted by atomic mass is 9.94. The zero-order valence-electron chi connectivity index (χ0n) is 9.26. The third kappa shape index (κ3) is 2.34. The van der Waals surface area contributed by atoms with Crippen LogP contribution in [0.25, 0.3) is 4.85 Å². The first-order valence-corrected chi connectivity index (χ1v) is 5.67. The van der Waals surface area contributed by atoms with Crippen molar-refractivity contribution in [3.05, 3.63) is 35.7 Å². The number of hydrogen-bond donors (Lipinski definition) is 1. The van der Waals surface area contributed by atoms with Crippen molar-refractivity contribution in [3.63, 3.8) is 0 Å². The second kappa shape index (κ2) is 5.00. The average molecular weight is 216 g/mol. The maximum absolute atomic E-state index is 8.73. The maximum Gasteiger partial charge on any atom is 0.187 e. The van der Waals surface area contributed by atoms with Crippen molar-refractivity contribution in [2.24, 2.45) is 5.92 Å². The van der Waals surface area contributed by atoms with Crippen LogP contribution >= 0.6 is 0 Å². The van der Waals surface area contributed by atoms with Crippen LogP contribution in [0.15, 0.2) is 24.3 Å². The molecule has 84 valence electrons. The van der Waals surface area contributed by atoms with E-state index in [1.165, 1.54) is 5.69 Å². The van der Waals surface area contributed by atoms with Crippen LogP contribution in [0, 0.1) is 12.5 Å². The van der Waals surface area contributed by atoms with Gasteiger partial charge in [-0.3, -0.25) is 0 Å². The second-order valence-electron chi connectivity index (χ2n) is 4.27. The van der Waals surface area contributed by atoms with Crippen molar-refractivity contribution in [1.29, 1.82) is 0 Å². The molecule has 1 saturated heterocycles. The first-order valence-electron chi connectivity index (χ1n) is 5.67. The molecule has 16 heavy (non-hydrogen) atoms. The Morgan fingerprint density at radius 3 is 2.56 bits per heavy atom. The summed E-state index contributed by atoms with van der Waals surface area (Å²) in [6, 6.07) is 7.75. The Kier molecular flexibility index (Phi) is 3.43. The summed E-state index contributed by atoms with van der Waals surface area (Å²) in [5, 5.41) is 8.73. The van der Waals surface area contributed by atoms with Gasteiger partial charge in [0.25, 0.3) is 0 Å². The molecular formula is C13H16N2O. The van der Waals surface area contributed by atoms with Crippen molar-refractivity contribution in [2.45, 2.75) is 12.8 Å². The molecule has 0 unspecified atom stereocenters. The van der Waals surface area contributed by atoms with E-state index in [2.05, 4.69) is 9.74 Å². The van der Waals surface area contributed by atoms with Crippen LogP contribution in [0.2, 0.25) is 0 Å². The molecule has 0 saturated carbocycles. The molecule has 3 nitrogen and oxygen atoms in total. The van der Waals surface area contributed by atoms with Gasteiger partial charge in [-0.1, -0.05) is 12.1 Å². The van der Waals surface area contributed by atoms with Crippen LogP contribution in [0.5, 0.6) is 0 Å². The van der Waals surface area contributed by atoms with E-state index >= 15 is 0 Å². The number of anilines is 1. The van der Waals surface area contributed by atoms with E-state index in [0.717, 1.165) is 31.8 Å². The molecule has 2 rings (SSSR count). The summed E-state index contributed by atoms with van der Waals surface area (Å²) < 4.78 is 0. The Hall–Kier alpha value is -1.53. The van der Waals surface area contributed by atoms with Gasteiger partial charge in [0.05, 0.1) is 6.57 Å². The number of aliphatic hydroxyl groups is 1. The molecule has 0 bridgehead atoms. The van der Waals surface area contributed by atoms with Gasteiger partial charge in [-0.05, 0) is 30.9 Å². The lowest BCUT2D eigenvalue weighted by Crippen LogP contribution is -2.46. The quantitative estimate of drug-likeness (QED) is 0.783. The number of rotatable bonds is 4. The van der Waals surface area contributed by atoms with Crippen LogP contribution in [-0.2, 0) is 0 Å². The van der Waals surface area contributed by atoms with Gasteiger partial charge >= 0.3 is 0 Å². The second-order valence-corrected chi connectivity index (χ2v) is 4.27. The van der Waals surface area contributed by atoms with Crippen LogP contribution in [-0.4, -0.2) is 24.8 Å².